The smallest absolute Gasteiger partial charge is 0.103 e. The second-order valence-electron chi connectivity index (χ2n) is 6.33. The third-order valence-corrected chi connectivity index (χ3v) is 6.84. The molecule has 0 saturated carbocycles. The highest BCUT2D eigenvalue weighted by Gasteiger charge is 2.29. The molecule has 0 aliphatic rings. The maximum Gasteiger partial charge on any atom is 0.106 e. The quantitative estimate of drug-likeness (QED) is 0.687. The van der Waals surface area contributed by atoms with Crippen molar-refractivity contribution in [3.63, 3.8) is 0 Å². The van der Waals surface area contributed by atoms with E-state index in [-0.39, 0.29) is 0 Å². The summed E-state index contributed by atoms with van der Waals surface area (Å²) in [5.74, 6) is 0. The molecule has 0 radical (unpaired) electrons. The van der Waals surface area contributed by atoms with E-state index in [1.54, 1.807) is 0 Å². The Morgan fingerprint density at radius 2 is 1.62 bits per heavy atom. The summed E-state index contributed by atoms with van der Waals surface area (Å²) in [6, 6.07) is 10.9. The summed E-state index contributed by atoms with van der Waals surface area (Å²) in [7, 11) is -1.49. The zero-order valence-corrected chi connectivity index (χ0v) is 12.3. The van der Waals surface area contributed by atoms with Crippen molar-refractivity contribution in [2.45, 2.75) is 40.3 Å². The molecule has 0 nitrogen and oxygen atoms in total. The van der Waals surface area contributed by atoms with Crippen LogP contribution in [0.3, 0.4) is 0 Å². The molecule has 1 aromatic carbocycles. The number of benzene rings is 1. The molecule has 16 heavy (non-hydrogen) atoms. The SMILES string of the molecule is C=C(CC(C)(C)C)[Si](C)(C)c1ccccc1. The number of hydrogen-bond donors (Lipinski definition) is 0. The average molecular weight is 232 g/mol. The molecule has 0 saturated heterocycles. The fourth-order valence-electron chi connectivity index (χ4n) is 1.92. The van der Waals surface area contributed by atoms with Gasteiger partial charge in [-0.15, -0.1) is 6.58 Å². The first kappa shape index (κ1) is 13.2. The minimum absolute atomic E-state index is 0.343. The molecule has 0 bridgehead atoms. The van der Waals surface area contributed by atoms with Crippen LogP contribution in [0.4, 0.5) is 0 Å². The molecule has 0 spiro atoms. The third-order valence-electron chi connectivity index (χ3n) is 3.12. The molecule has 0 fully saturated rings. The Morgan fingerprint density at radius 3 is 2.06 bits per heavy atom. The standard InChI is InChI=1S/C15H24Si/c1-13(12-15(2,3)4)16(5,6)14-10-8-7-9-11-14/h7-11H,1,12H2,2-6H3. The van der Waals surface area contributed by atoms with Crippen molar-refractivity contribution in [2.24, 2.45) is 5.41 Å². The van der Waals surface area contributed by atoms with Crippen LogP contribution in [-0.2, 0) is 0 Å². The van der Waals surface area contributed by atoms with Crippen molar-refractivity contribution < 1.29 is 0 Å². The van der Waals surface area contributed by atoms with Gasteiger partial charge in [0.25, 0.3) is 0 Å². The van der Waals surface area contributed by atoms with Crippen LogP contribution in [-0.4, -0.2) is 8.07 Å². The van der Waals surface area contributed by atoms with E-state index >= 15 is 0 Å². The van der Waals surface area contributed by atoms with Gasteiger partial charge in [0, 0.05) is 0 Å². The van der Waals surface area contributed by atoms with Crippen molar-refractivity contribution >= 4 is 13.3 Å². The van der Waals surface area contributed by atoms with Gasteiger partial charge in [-0.3, -0.25) is 0 Å². The number of allylic oxidation sites excluding steroid dienone is 1. The van der Waals surface area contributed by atoms with Crippen LogP contribution in [0.1, 0.15) is 27.2 Å². The van der Waals surface area contributed by atoms with E-state index in [0.717, 1.165) is 6.42 Å². The first-order valence-electron chi connectivity index (χ1n) is 5.97. The van der Waals surface area contributed by atoms with Crippen molar-refractivity contribution in [3.8, 4) is 0 Å². The lowest BCUT2D eigenvalue weighted by Crippen LogP contribution is -2.44. The molecule has 0 atom stereocenters. The number of rotatable bonds is 3. The van der Waals surface area contributed by atoms with Crippen LogP contribution in [0.25, 0.3) is 0 Å². The lowest BCUT2D eigenvalue weighted by atomic mass is 9.92. The lowest BCUT2D eigenvalue weighted by Gasteiger charge is -2.30. The Labute approximate surface area is 101 Å². The molecule has 88 valence electrons. The van der Waals surface area contributed by atoms with E-state index in [0.29, 0.717) is 5.41 Å². The van der Waals surface area contributed by atoms with Gasteiger partial charge in [-0.2, -0.15) is 0 Å². The van der Waals surface area contributed by atoms with Gasteiger partial charge in [0.2, 0.25) is 0 Å². The normalized spacial score (nSPS) is 12.6. The maximum atomic E-state index is 4.35. The topological polar surface area (TPSA) is 0 Å². The van der Waals surface area contributed by atoms with Gasteiger partial charge in [-0.25, -0.2) is 0 Å². The summed E-state index contributed by atoms with van der Waals surface area (Å²) in [4.78, 5) is 0. The number of hydrogen-bond acceptors (Lipinski definition) is 0. The van der Waals surface area contributed by atoms with E-state index < -0.39 is 8.07 Å². The van der Waals surface area contributed by atoms with Crippen molar-refractivity contribution in [1.29, 1.82) is 0 Å². The largest absolute Gasteiger partial charge is 0.106 e. The Kier molecular flexibility index (Phi) is 3.79. The molecule has 1 heteroatoms. The van der Waals surface area contributed by atoms with Crippen molar-refractivity contribution in [2.75, 3.05) is 0 Å². The highest BCUT2D eigenvalue weighted by atomic mass is 28.3. The van der Waals surface area contributed by atoms with Crippen LogP contribution in [0.5, 0.6) is 0 Å². The summed E-state index contributed by atoms with van der Waals surface area (Å²) in [5, 5.41) is 2.94. The van der Waals surface area contributed by atoms with Gasteiger partial charge >= 0.3 is 0 Å². The molecule has 0 heterocycles. The highest BCUT2D eigenvalue weighted by Crippen LogP contribution is 2.28. The molecule has 0 aliphatic heterocycles. The average Bonchev–Trinajstić information content (AvgIpc) is 2.16. The van der Waals surface area contributed by atoms with Gasteiger partial charge in [0.15, 0.2) is 0 Å². The predicted octanol–water partition coefficient (Wildman–Crippen LogP) is 4.13. The molecule has 0 unspecified atom stereocenters. The van der Waals surface area contributed by atoms with Gasteiger partial charge in [-0.1, -0.05) is 74.6 Å². The van der Waals surface area contributed by atoms with Crippen LogP contribution in [0.2, 0.25) is 13.1 Å². The summed E-state index contributed by atoms with van der Waals surface area (Å²) in [6.45, 7) is 16.0. The van der Waals surface area contributed by atoms with E-state index in [9.17, 15) is 0 Å². The summed E-state index contributed by atoms with van der Waals surface area (Å²) in [5.41, 5.74) is 0.343. The lowest BCUT2D eigenvalue weighted by molar-refractivity contribution is 0.416. The Hall–Kier alpha value is -0.823. The molecule has 0 amide bonds. The molecule has 1 rings (SSSR count). The fraction of sp³-hybridized carbons (Fsp3) is 0.467. The van der Waals surface area contributed by atoms with Crippen molar-refractivity contribution in [1.82, 2.24) is 0 Å². The second kappa shape index (κ2) is 4.58. The van der Waals surface area contributed by atoms with Crippen LogP contribution in [0.15, 0.2) is 42.1 Å². The van der Waals surface area contributed by atoms with Crippen molar-refractivity contribution in [3.05, 3.63) is 42.1 Å². The summed E-state index contributed by atoms with van der Waals surface area (Å²) < 4.78 is 0. The summed E-state index contributed by atoms with van der Waals surface area (Å²) in [6.07, 6.45) is 1.13. The van der Waals surface area contributed by atoms with Crippen LogP contribution < -0.4 is 5.19 Å². The molecule has 1 aromatic rings. The minimum atomic E-state index is -1.49. The zero-order valence-electron chi connectivity index (χ0n) is 11.3. The van der Waals surface area contributed by atoms with Gasteiger partial charge < -0.3 is 0 Å². The van der Waals surface area contributed by atoms with E-state index in [2.05, 4.69) is 70.8 Å². The molecular formula is C15H24Si. The third kappa shape index (κ3) is 3.34. The Bertz CT molecular complexity index is 355. The second-order valence-corrected chi connectivity index (χ2v) is 10.9. The van der Waals surface area contributed by atoms with Crippen LogP contribution >= 0.6 is 0 Å². The predicted molar refractivity (Wildman–Crippen MR) is 76.8 cm³/mol. The van der Waals surface area contributed by atoms with Gasteiger partial charge in [0.05, 0.1) is 0 Å². The van der Waals surface area contributed by atoms with E-state index in [4.69, 9.17) is 0 Å². The van der Waals surface area contributed by atoms with E-state index in [1.807, 2.05) is 0 Å². The van der Waals surface area contributed by atoms with Gasteiger partial charge in [0.1, 0.15) is 8.07 Å². The molecule has 0 N–H and O–H groups in total. The zero-order chi connectivity index (χ0) is 12.4. The highest BCUT2D eigenvalue weighted by molar-refractivity contribution is 6.95. The first-order valence-corrected chi connectivity index (χ1v) is 8.97. The Balaban J connectivity index is 2.90. The summed E-state index contributed by atoms with van der Waals surface area (Å²) >= 11 is 0. The van der Waals surface area contributed by atoms with Crippen LogP contribution in [0, 0.1) is 5.41 Å². The van der Waals surface area contributed by atoms with E-state index in [1.165, 1.54) is 10.4 Å². The Morgan fingerprint density at radius 1 is 1.12 bits per heavy atom. The van der Waals surface area contributed by atoms with Gasteiger partial charge in [-0.05, 0) is 11.8 Å². The maximum absolute atomic E-state index is 4.35. The fourth-order valence-corrected chi connectivity index (χ4v) is 4.33. The molecule has 0 aromatic heterocycles. The first-order chi connectivity index (χ1) is 7.23. The molecular weight excluding hydrogens is 208 g/mol. The minimum Gasteiger partial charge on any atom is -0.103 e. The monoisotopic (exact) mass is 232 g/mol. The molecule has 0 aliphatic carbocycles.